The van der Waals surface area contributed by atoms with Crippen molar-refractivity contribution >= 4 is 5.97 Å². The van der Waals surface area contributed by atoms with Crippen LogP contribution in [0.3, 0.4) is 0 Å². The number of ether oxygens (including phenoxy) is 1. The maximum absolute atomic E-state index is 15.4. The fourth-order valence-electron chi connectivity index (χ4n) is 5.07. The van der Waals surface area contributed by atoms with Crippen LogP contribution in [0, 0.1) is 11.7 Å². The number of aliphatic carboxylic acids is 1. The highest BCUT2D eigenvalue weighted by atomic mass is 19.1. The molecule has 1 saturated carbocycles. The minimum Gasteiger partial charge on any atom is -0.489 e. The third-order valence-electron chi connectivity index (χ3n) is 6.98. The molecule has 1 unspecified atom stereocenters. The number of rotatable bonds is 11. The summed E-state index contributed by atoms with van der Waals surface area (Å²) in [5.41, 5.74) is 9.59. The molecule has 1 aliphatic rings. The zero-order chi connectivity index (χ0) is 25.5. The van der Waals surface area contributed by atoms with Gasteiger partial charge in [0, 0.05) is 16.7 Å². The van der Waals surface area contributed by atoms with E-state index in [4.69, 9.17) is 10.5 Å². The Morgan fingerprint density at radius 2 is 1.81 bits per heavy atom. The Hall–Kier alpha value is -3.25. The molecule has 3 aromatic rings. The van der Waals surface area contributed by atoms with Crippen molar-refractivity contribution in [2.24, 2.45) is 11.7 Å². The van der Waals surface area contributed by atoms with E-state index in [2.05, 4.69) is 6.07 Å². The van der Waals surface area contributed by atoms with Gasteiger partial charge in [0.2, 0.25) is 0 Å². The van der Waals surface area contributed by atoms with Crippen LogP contribution in [-0.4, -0.2) is 17.8 Å². The first-order valence-corrected chi connectivity index (χ1v) is 12.6. The van der Waals surface area contributed by atoms with Crippen LogP contribution < -0.4 is 10.5 Å². The Labute approximate surface area is 211 Å². The van der Waals surface area contributed by atoms with Crippen molar-refractivity contribution in [3.63, 3.8) is 0 Å². The maximum Gasteiger partial charge on any atom is 0.307 e. The van der Waals surface area contributed by atoms with Gasteiger partial charge in [-0.3, -0.25) is 4.79 Å². The van der Waals surface area contributed by atoms with Crippen molar-refractivity contribution in [2.75, 3.05) is 6.67 Å². The number of para-hydroxylation sites is 1. The first kappa shape index (κ1) is 25.8. The second kappa shape index (κ2) is 12.1. The van der Waals surface area contributed by atoms with Crippen LogP contribution in [0.1, 0.15) is 60.4 Å². The van der Waals surface area contributed by atoms with Crippen molar-refractivity contribution < 1.29 is 23.4 Å². The predicted molar refractivity (Wildman–Crippen MR) is 137 cm³/mol. The van der Waals surface area contributed by atoms with Gasteiger partial charge in [-0.2, -0.15) is 0 Å². The fourth-order valence-corrected chi connectivity index (χ4v) is 5.07. The third-order valence-corrected chi connectivity index (χ3v) is 6.98. The molecule has 0 saturated heterocycles. The van der Waals surface area contributed by atoms with Gasteiger partial charge >= 0.3 is 5.97 Å². The summed E-state index contributed by atoms with van der Waals surface area (Å²) in [5.74, 6) is -0.197. The Bertz CT molecular complexity index is 1190. The van der Waals surface area contributed by atoms with Gasteiger partial charge in [-0.15, -0.1) is 0 Å². The molecule has 190 valence electrons. The standard InChI is InChI=1S/C30H33F2NO3/c31-18-27(33)26-10-5-9-25(30(26)32)24-15-21(13-12-20-6-1-2-7-20)14-22(16-24)19-36-28-11-4-3-8-23(28)17-29(34)35/h3-5,8-11,14-16,20,27H,1-2,6-7,12-13,17-19,33H2,(H,34,35). The number of nitrogens with two attached hydrogens (primary N) is 1. The van der Waals surface area contributed by atoms with Crippen LogP contribution in [0.4, 0.5) is 8.78 Å². The Morgan fingerprint density at radius 3 is 2.56 bits per heavy atom. The van der Waals surface area contributed by atoms with Crippen molar-refractivity contribution in [2.45, 2.75) is 57.6 Å². The molecule has 0 bridgehead atoms. The van der Waals surface area contributed by atoms with Crippen molar-refractivity contribution in [1.29, 1.82) is 0 Å². The van der Waals surface area contributed by atoms with E-state index >= 15 is 4.39 Å². The van der Waals surface area contributed by atoms with E-state index in [0.717, 1.165) is 29.9 Å². The SMILES string of the molecule is NC(CF)c1cccc(-c2cc(CCC3CCCC3)cc(COc3ccccc3CC(=O)O)c2)c1F. The van der Waals surface area contributed by atoms with Crippen molar-refractivity contribution in [3.05, 3.63) is 88.7 Å². The number of hydrogen-bond donors (Lipinski definition) is 2. The third kappa shape index (κ3) is 6.49. The number of hydrogen-bond acceptors (Lipinski definition) is 3. The van der Waals surface area contributed by atoms with Gasteiger partial charge in [-0.1, -0.05) is 74.2 Å². The summed E-state index contributed by atoms with van der Waals surface area (Å²) in [6, 6.07) is 16.9. The van der Waals surface area contributed by atoms with E-state index in [1.54, 1.807) is 36.4 Å². The highest BCUT2D eigenvalue weighted by Crippen LogP contribution is 2.32. The second-order valence-corrected chi connectivity index (χ2v) is 9.66. The van der Waals surface area contributed by atoms with Gasteiger partial charge < -0.3 is 15.6 Å². The topological polar surface area (TPSA) is 72.5 Å². The van der Waals surface area contributed by atoms with Crippen LogP contribution in [0.2, 0.25) is 0 Å². The molecule has 1 atom stereocenters. The molecule has 36 heavy (non-hydrogen) atoms. The maximum atomic E-state index is 15.4. The smallest absolute Gasteiger partial charge is 0.307 e. The summed E-state index contributed by atoms with van der Waals surface area (Å²) in [7, 11) is 0. The lowest BCUT2D eigenvalue weighted by Gasteiger charge is -2.16. The first-order valence-electron chi connectivity index (χ1n) is 12.6. The van der Waals surface area contributed by atoms with Crippen LogP contribution in [-0.2, 0) is 24.2 Å². The number of carbonyl (C=O) groups is 1. The molecule has 0 aliphatic heterocycles. The molecule has 3 N–H and O–H groups in total. The Kier molecular flexibility index (Phi) is 8.70. The number of carboxylic acid groups (broad SMARTS) is 1. The Morgan fingerprint density at radius 1 is 1.06 bits per heavy atom. The van der Waals surface area contributed by atoms with E-state index in [1.807, 2.05) is 12.1 Å². The fraction of sp³-hybridized carbons (Fsp3) is 0.367. The molecule has 0 spiro atoms. The lowest BCUT2D eigenvalue weighted by molar-refractivity contribution is -0.136. The normalized spacial score (nSPS) is 14.6. The summed E-state index contributed by atoms with van der Waals surface area (Å²) in [6.45, 7) is -0.622. The summed E-state index contributed by atoms with van der Waals surface area (Å²) in [4.78, 5) is 11.2. The average molecular weight is 494 g/mol. The molecule has 1 fully saturated rings. The van der Waals surface area contributed by atoms with Gasteiger partial charge in [0.15, 0.2) is 0 Å². The molecule has 6 heteroatoms. The zero-order valence-corrected chi connectivity index (χ0v) is 20.4. The summed E-state index contributed by atoms with van der Waals surface area (Å²) < 4.78 is 34.6. The number of carboxylic acids is 1. The zero-order valence-electron chi connectivity index (χ0n) is 20.4. The number of halogens is 2. The van der Waals surface area contributed by atoms with Crippen LogP contribution in [0.5, 0.6) is 5.75 Å². The van der Waals surface area contributed by atoms with Gasteiger partial charge in [0.25, 0.3) is 0 Å². The van der Waals surface area contributed by atoms with Gasteiger partial charge in [0.05, 0.1) is 12.5 Å². The molecule has 0 aromatic heterocycles. The van der Waals surface area contributed by atoms with Crippen LogP contribution in [0.15, 0.2) is 60.7 Å². The molecule has 4 nitrogen and oxygen atoms in total. The van der Waals surface area contributed by atoms with Gasteiger partial charge in [0.1, 0.15) is 24.8 Å². The van der Waals surface area contributed by atoms with Crippen molar-refractivity contribution in [1.82, 2.24) is 0 Å². The highest BCUT2D eigenvalue weighted by Gasteiger charge is 2.18. The van der Waals surface area contributed by atoms with Crippen LogP contribution in [0.25, 0.3) is 11.1 Å². The highest BCUT2D eigenvalue weighted by molar-refractivity contribution is 5.71. The van der Waals surface area contributed by atoms with Gasteiger partial charge in [-0.05, 0) is 47.6 Å². The van der Waals surface area contributed by atoms with Crippen molar-refractivity contribution in [3.8, 4) is 16.9 Å². The van der Waals surface area contributed by atoms with Crippen LogP contribution >= 0.6 is 0 Å². The van der Waals surface area contributed by atoms with E-state index in [-0.39, 0.29) is 18.6 Å². The minimum atomic E-state index is -1.01. The molecule has 0 heterocycles. The lowest BCUT2D eigenvalue weighted by Crippen LogP contribution is -2.14. The minimum absolute atomic E-state index is 0.129. The van der Waals surface area contributed by atoms with E-state index in [9.17, 15) is 14.3 Å². The second-order valence-electron chi connectivity index (χ2n) is 9.66. The molecular formula is C30H33F2NO3. The molecule has 3 aromatic carbocycles. The summed E-state index contributed by atoms with van der Waals surface area (Å²) >= 11 is 0. The predicted octanol–water partition coefficient (Wildman–Crippen LogP) is 6.79. The first-order chi connectivity index (χ1) is 17.4. The molecule has 0 amide bonds. The largest absolute Gasteiger partial charge is 0.489 e. The molecule has 4 rings (SSSR count). The van der Waals surface area contributed by atoms with Gasteiger partial charge in [-0.25, -0.2) is 8.78 Å². The van der Waals surface area contributed by atoms with E-state index in [1.165, 1.54) is 31.7 Å². The average Bonchev–Trinajstić information content (AvgIpc) is 3.40. The quantitative estimate of drug-likeness (QED) is 0.308. The number of benzene rings is 3. The summed E-state index contributed by atoms with van der Waals surface area (Å²) in [6.07, 6.45) is 6.92. The lowest BCUT2D eigenvalue weighted by atomic mass is 9.93. The monoisotopic (exact) mass is 493 g/mol. The number of alkyl halides is 1. The molecule has 1 aliphatic carbocycles. The Balaban J connectivity index is 1.64. The number of aryl methyl sites for hydroxylation is 1. The molecular weight excluding hydrogens is 460 g/mol. The molecule has 0 radical (unpaired) electrons. The van der Waals surface area contributed by atoms with E-state index < -0.39 is 24.5 Å². The summed E-state index contributed by atoms with van der Waals surface area (Å²) in [5, 5.41) is 9.21. The van der Waals surface area contributed by atoms with E-state index in [0.29, 0.717) is 22.4 Å².